The molecule has 1 fully saturated rings. The lowest BCUT2D eigenvalue weighted by Crippen LogP contribution is -2.37. The number of hydrogen-bond donors (Lipinski definition) is 1. The molecule has 1 aliphatic heterocycles. The number of nitrogens with two attached hydrogens (primary N) is 1. The van der Waals surface area contributed by atoms with E-state index < -0.39 is 0 Å². The highest BCUT2D eigenvalue weighted by Gasteiger charge is 2.29. The molecule has 0 bridgehead atoms. The largest absolute Gasteiger partial charge is 0.329 e. The first-order valence-electron chi connectivity index (χ1n) is 8.06. The van der Waals surface area contributed by atoms with Crippen LogP contribution >= 0.6 is 0 Å². The summed E-state index contributed by atoms with van der Waals surface area (Å²) < 4.78 is 0. The Hall–Kier alpha value is -1.45. The highest BCUT2D eigenvalue weighted by Crippen LogP contribution is 2.31. The first-order valence-corrected chi connectivity index (χ1v) is 8.06. The quantitative estimate of drug-likeness (QED) is 0.935. The van der Waals surface area contributed by atoms with Crippen LogP contribution in [0.1, 0.15) is 43.5 Å². The summed E-state index contributed by atoms with van der Waals surface area (Å²) in [6.07, 6.45) is 3.81. The van der Waals surface area contributed by atoms with E-state index in [4.69, 9.17) is 5.73 Å². The summed E-state index contributed by atoms with van der Waals surface area (Å²) in [7, 11) is 0. The second kappa shape index (κ2) is 6.12. The fourth-order valence-electron chi connectivity index (χ4n) is 3.62. The first-order chi connectivity index (χ1) is 10.2. The number of rotatable bonds is 4. The van der Waals surface area contributed by atoms with Crippen LogP contribution in [0.15, 0.2) is 30.3 Å². The van der Waals surface area contributed by atoms with Crippen molar-refractivity contribution in [1.82, 2.24) is 9.88 Å². The lowest BCUT2D eigenvalue weighted by Gasteiger charge is -2.32. The Kier molecular flexibility index (Phi) is 4.22. The number of likely N-dealkylation sites (tertiary alicyclic amines) is 1. The minimum absolute atomic E-state index is 0.336. The summed E-state index contributed by atoms with van der Waals surface area (Å²) in [6, 6.07) is 11.9. The Morgan fingerprint density at radius 1 is 1.33 bits per heavy atom. The fourth-order valence-corrected chi connectivity index (χ4v) is 3.62. The van der Waals surface area contributed by atoms with Crippen LogP contribution in [-0.4, -0.2) is 29.0 Å². The smallest absolute Gasteiger partial charge is 0.0705 e. The predicted molar refractivity (Wildman–Crippen MR) is 88.3 cm³/mol. The van der Waals surface area contributed by atoms with Crippen molar-refractivity contribution in [1.29, 1.82) is 0 Å². The molecule has 0 amide bonds. The van der Waals surface area contributed by atoms with Gasteiger partial charge < -0.3 is 5.73 Å². The Balaban J connectivity index is 1.95. The number of hydrogen-bond acceptors (Lipinski definition) is 3. The van der Waals surface area contributed by atoms with Gasteiger partial charge in [-0.3, -0.25) is 9.88 Å². The molecule has 2 aromatic rings. The number of benzene rings is 1. The van der Waals surface area contributed by atoms with Crippen molar-refractivity contribution >= 4 is 10.9 Å². The van der Waals surface area contributed by atoms with Gasteiger partial charge in [0.1, 0.15) is 0 Å². The molecule has 2 heterocycles. The molecule has 3 heteroatoms. The highest BCUT2D eigenvalue weighted by atomic mass is 15.2. The van der Waals surface area contributed by atoms with Gasteiger partial charge in [0.2, 0.25) is 0 Å². The van der Waals surface area contributed by atoms with E-state index in [-0.39, 0.29) is 0 Å². The Morgan fingerprint density at radius 3 is 2.95 bits per heavy atom. The summed E-state index contributed by atoms with van der Waals surface area (Å²) in [4.78, 5) is 7.19. The van der Waals surface area contributed by atoms with Gasteiger partial charge in [0.05, 0.1) is 5.52 Å². The van der Waals surface area contributed by atoms with Gasteiger partial charge in [-0.15, -0.1) is 0 Å². The number of aryl methyl sites for hydroxylation is 1. The van der Waals surface area contributed by atoms with Gasteiger partial charge >= 0.3 is 0 Å². The third-order valence-corrected chi connectivity index (χ3v) is 4.75. The van der Waals surface area contributed by atoms with Crippen molar-refractivity contribution in [3.05, 3.63) is 41.6 Å². The third kappa shape index (κ3) is 2.81. The Labute approximate surface area is 127 Å². The summed E-state index contributed by atoms with van der Waals surface area (Å²) in [5.74, 6) is 0. The van der Waals surface area contributed by atoms with Gasteiger partial charge in [-0.1, -0.05) is 19.1 Å². The maximum Gasteiger partial charge on any atom is 0.0705 e. The second-order valence-corrected chi connectivity index (χ2v) is 6.10. The van der Waals surface area contributed by atoms with E-state index in [1.165, 1.54) is 36.8 Å². The summed E-state index contributed by atoms with van der Waals surface area (Å²) >= 11 is 0. The molecule has 2 unspecified atom stereocenters. The molecule has 0 aliphatic carbocycles. The molecule has 2 atom stereocenters. The van der Waals surface area contributed by atoms with Crippen LogP contribution in [0, 0.1) is 6.92 Å². The fraction of sp³-hybridized carbons (Fsp3) is 0.500. The monoisotopic (exact) mass is 283 g/mol. The molecule has 0 saturated carbocycles. The zero-order valence-electron chi connectivity index (χ0n) is 13.0. The molecule has 2 N–H and O–H groups in total. The van der Waals surface area contributed by atoms with Crippen LogP contribution < -0.4 is 5.73 Å². The van der Waals surface area contributed by atoms with Crippen LogP contribution in [0.4, 0.5) is 0 Å². The summed E-state index contributed by atoms with van der Waals surface area (Å²) in [5.41, 5.74) is 9.58. The molecule has 3 nitrogen and oxygen atoms in total. The molecule has 0 radical (unpaired) electrons. The van der Waals surface area contributed by atoms with Crippen LogP contribution in [0.25, 0.3) is 10.9 Å². The summed E-state index contributed by atoms with van der Waals surface area (Å²) in [6.45, 7) is 6.17. The Morgan fingerprint density at radius 2 is 2.19 bits per heavy atom. The van der Waals surface area contributed by atoms with E-state index >= 15 is 0 Å². The van der Waals surface area contributed by atoms with E-state index in [0.29, 0.717) is 18.6 Å². The van der Waals surface area contributed by atoms with Crippen molar-refractivity contribution in [2.75, 3.05) is 13.1 Å². The van der Waals surface area contributed by atoms with Crippen molar-refractivity contribution in [2.45, 2.75) is 45.2 Å². The molecule has 0 spiro atoms. The van der Waals surface area contributed by atoms with Gasteiger partial charge in [0, 0.05) is 29.7 Å². The third-order valence-electron chi connectivity index (χ3n) is 4.75. The lowest BCUT2D eigenvalue weighted by molar-refractivity contribution is 0.180. The maximum atomic E-state index is 6.11. The molecule has 3 rings (SSSR count). The van der Waals surface area contributed by atoms with Gasteiger partial charge in [-0.2, -0.15) is 0 Å². The van der Waals surface area contributed by atoms with Crippen LogP contribution in [0.3, 0.4) is 0 Å². The minimum atomic E-state index is 0.336. The standard InChI is InChI=1S/C18H25N3/c1-3-16-5-4-10-21(16)18(12-19)15-8-9-17-14(11-15)7-6-13(2)20-17/h6-9,11,16,18H,3-5,10,12,19H2,1-2H3. The molecule has 21 heavy (non-hydrogen) atoms. The number of fused-ring (bicyclic) bond motifs is 1. The molecule has 1 aliphatic rings. The van der Waals surface area contributed by atoms with E-state index in [0.717, 1.165) is 11.2 Å². The Bertz CT molecular complexity index is 623. The predicted octanol–water partition coefficient (Wildman–Crippen LogP) is 3.42. The molecule has 1 aromatic carbocycles. The van der Waals surface area contributed by atoms with Crippen molar-refractivity contribution in [3.8, 4) is 0 Å². The second-order valence-electron chi connectivity index (χ2n) is 6.10. The summed E-state index contributed by atoms with van der Waals surface area (Å²) in [5, 5.41) is 1.21. The molecule has 1 saturated heterocycles. The van der Waals surface area contributed by atoms with E-state index in [1.54, 1.807) is 0 Å². The first kappa shape index (κ1) is 14.5. The van der Waals surface area contributed by atoms with Crippen molar-refractivity contribution in [2.24, 2.45) is 5.73 Å². The van der Waals surface area contributed by atoms with Crippen molar-refractivity contribution in [3.63, 3.8) is 0 Å². The molecule has 112 valence electrons. The lowest BCUT2D eigenvalue weighted by atomic mass is 10.0. The van der Waals surface area contributed by atoms with Gasteiger partial charge in [-0.05, 0) is 56.5 Å². The van der Waals surface area contributed by atoms with E-state index in [2.05, 4.69) is 47.1 Å². The molecular formula is C18H25N3. The van der Waals surface area contributed by atoms with E-state index in [1.807, 2.05) is 6.92 Å². The normalized spacial score (nSPS) is 21.0. The SMILES string of the molecule is CCC1CCCN1C(CN)c1ccc2nc(C)ccc2c1. The van der Waals surface area contributed by atoms with Gasteiger partial charge in [0.25, 0.3) is 0 Å². The number of nitrogens with zero attached hydrogens (tertiary/aromatic N) is 2. The van der Waals surface area contributed by atoms with Crippen molar-refractivity contribution < 1.29 is 0 Å². The maximum absolute atomic E-state index is 6.11. The molecule has 1 aromatic heterocycles. The zero-order valence-corrected chi connectivity index (χ0v) is 13.0. The number of aromatic nitrogens is 1. The van der Waals surface area contributed by atoms with E-state index in [9.17, 15) is 0 Å². The van der Waals surface area contributed by atoms with Crippen LogP contribution in [0.2, 0.25) is 0 Å². The molecular weight excluding hydrogens is 258 g/mol. The average Bonchev–Trinajstić information content (AvgIpc) is 2.96. The highest BCUT2D eigenvalue weighted by molar-refractivity contribution is 5.79. The zero-order chi connectivity index (χ0) is 14.8. The van der Waals surface area contributed by atoms with Crippen LogP contribution in [0.5, 0.6) is 0 Å². The topological polar surface area (TPSA) is 42.1 Å². The van der Waals surface area contributed by atoms with Crippen LogP contribution in [-0.2, 0) is 0 Å². The number of pyridine rings is 1. The van der Waals surface area contributed by atoms with Gasteiger partial charge in [-0.25, -0.2) is 0 Å². The average molecular weight is 283 g/mol. The van der Waals surface area contributed by atoms with Gasteiger partial charge in [0.15, 0.2) is 0 Å². The minimum Gasteiger partial charge on any atom is -0.329 e.